The number of hydrogen-bond donors (Lipinski definition) is 0. The van der Waals surface area contributed by atoms with Crippen LogP contribution < -0.4 is 4.90 Å². The second-order valence-electron chi connectivity index (χ2n) is 7.40. The van der Waals surface area contributed by atoms with Gasteiger partial charge in [0.05, 0.1) is 17.5 Å². The van der Waals surface area contributed by atoms with Gasteiger partial charge in [0.25, 0.3) is 0 Å². The molecule has 2 aromatic carbocycles. The van der Waals surface area contributed by atoms with Crippen LogP contribution in [0.1, 0.15) is 22.4 Å². The Balaban J connectivity index is 1.46. The smallest absolute Gasteiger partial charge is 0.239 e. The quantitative estimate of drug-likeness (QED) is 0.695. The number of hydrogen-bond acceptors (Lipinski definition) is 4. The maximum absolute atomic E-state index is 13.6. The summed E-state index contributed by atoms with van der Waals surface area (Å²) in [4.78, 5) is 23.4. The van der Waals surface area contributed by atoms with Gasteiger partial charge in [-0.1, -0.05) is 48.5 Å². The number of likely N-dealkylation sites (tertiary alicyclic amines) is 1. The molecule has 1 aromatic heterocycles. The van der Waals surface area contributed by atoms with Crippen LogP contribution in [-0.2, 0) is 23.3 Å². The van der Waals surface area contributed by atoms with Gasteiger partial charge in [-0.25, -0.2) is 0 Å². The lowest BCUT2D eigenvalue weighted by atomic mass is 9.81. The Kier molecular flexibility index (Phi) is 4.06. The molecule has 27 heavy (non-hydrogen) atoms. The Labute approximate surface area is 163 Å². The summed E-state index contributed by atoms with van der Waals surface area (Å²) in [5.74, 6) is 0.249. The first-order valence-electron chi connectivity index (χ1n) is 9.31. The molecule has 5 heteroatoms. The molecule has 2 aliphatic heterocycles. The third kappa shape index (κ3) is 2.78. The lowest BCUT2D eigenvalue weighted by Crippen LogP contribution is -2.42. The van der Waals surface area contributed by atoms with Gasteiger partial charge in [-0.05, 0) is 30.2 Å². The topological polar surface area (TPSA) is 36.4 Å². The molecule has 5 rings (SSSR count). The number of aromatic nitrogens is 1. The molecule has 3 heterocycles. The van der Waals surface area contributed by atoms with Crippen LogP contribution in [0.25, 0.3) is 0 Å². The van der Waals surface area contributed by atoms with Crippen LogP contribution in [0.15, 0.2) is 66.3 Å². The molecule has 1 atom stereocenters. The van der Waals surface area contributed by atoms with E-state index in [9.17, 15) is 4.79 Å². The van der Waals surface area contributed by atoms with Gasteiger partial charge in [-0.2, -0.15) is 0 Å². The third-order valence-corrected chi connectivity index (χ3v) is 6.52. The van der Waals surface area contributed by atoms with Gasteiger partial charge in [0.15, 0.2) is 0 Å². The highest BCUT2D eigenvalue weighted by Crippen LogP contribution is 2.48. The number of amides is 1. The zero-order chi connectivity index (χ0) is 18.3. The summed E-state index contributed by atoms with van der Waals surface area (Å²) >= 11 is 1.68. The Bertz CT molecular complexity index is 957. The van der Waals surface area contributed by atoms with Crippen molar-refractivity contribution in [3.05, 3.63) is 82.3 Å². The van der Waals surface area contributed by atoms with E-state index in [0.717, 1.165) is 37.3 Å². The van der Waals surface area contributed by atoms with Crippen LogP contribution in [0, 0.1) is 0 Å². The Hall–Kier alpha value is -2.50. The fourth-order valence-electron chi connectivity index (χ4n) is 4.48. The Morgan fingerprint density at radius 1 is 1.04 bits per heavy atom. The average Bonchev–Trinajstić information content (AvgIpc) is 3.41. The first-order valence-corrected chi connectivity index (χ1v) is 10.2. The van der Waals surface area contributed by atoms with Crippen LogP contribution in [0.5, 0.6) is 0 Å². The van der Waals surface area contributed by atoms with Crippen molar-refractivity contribution >= 4 is 22.9 Å². The molecule has 2 aliphatic rings. The summed E-state index contributed by atoms with van der Waals surface area (Å²) in [6, 6.07) is 18.6. The highest BCUT2D eigenvalue weighted by molar-refractivity contribution is 7.09. The number of thiazole rings is 1. The minimum Gasteiger partial charge on any atom is -0.307 e. The number of anilines is 1. The molecule has 0 radical (unpaired) electrons. The van der Waals surface area contributed by atoms with Crippen molar-refractivity contribution in [2.45, 2.75) is 24.9 Å². The fourth-order valence-corrected chi connectivity index (χ4v) is 5.11. The number of benzene rings is 2. The summed E-state index contributed by atoms with van der Waals surface area (Å²) in [5.41, 5.74) is 4.90. The van der Waals surface area contributed by atoms with Crippen molar-refractivity contribution in [2.75, 3.05) is 18.0 Å². The van der Waals surface area contributed by atoms with Crippen molar-refractivity contribution < 1.29 is 4.79 Å². The van der Waals surface area contributed by atoms with Crippen molar-refractivity contribution in [3.63, 3.8) is 0 Å². The van der Waals surface area contributed by atoms with Crippen LogP contribution >= 0.6 is 11.3 Å². The lowest BCUT2D eigenvalue weighted by Gasteiger charge is -2.24. The van der Waals surface area contributed by atoms with Crippen LogP contribution in [0.2, 0.25) is 0 Å². The minimum absolute atomic E-state index is 0.249. The monoisotopic (exact) mass is 375 g/mol. The predicted molar refractivity (Wildman–Crippen MR) is 108 cm³/mol. The number of carbonyl (C=O) groups is 1. The fraction of sp³-hybridized carbons (Fsp3) is 0.273. The average molecular weight is 375 g/mol. The van der Waals surface area contributed by atoms with Gasteiger partial charge < -0.3 is 4.90 Å². The molecular weight excluding hydrogens is 354 g/mol. The zero-order valence-electron chi connectivity index (χ0n) is 15.0. The SMILES string of the molecule is O=C1N(Cc2ccccc2)c2ccccc2C12CCN(Cc1cncs1)C2. The van der Waals surface area contributed by atoms with Gasteiger partial charge >= 0.3 is 0 Å². The van der Waals surface area contributed by atoms with Gasteiger partial charge in [0.1, 0.15) is 0 Å². The second kappa shape index (κ2) is 6.59. The van der Waals surface area contributed by atoms with E-state index in [-0.39, 0.29) is 5.91 Å². The summed E-state index contributed by atoms with van der Waals surface area (Å²) in [5, 5.41) is 0. The largest absolute Gasteiger partial charge is 0.307 e. The van der Waals surface area contributed by atoms with E-state index in [0.29, 0.717) is 6.54 Å². The molecule has 1 amide bonds. The van der Waals surface area contributed by atoms with Gasteiger partial charge in [0, 0.05) is 29.9 Å². The summed E-state index contributed by atoms with van der Waals surface area (Å²) in [6.45, 7) is 3.23. The molecule has 1 fully saturated rings. The van der Waals surface area contributed by atoms with E-state index in [4.69, 9.17) is 0 Å². The van der Waals surface area contributed by atoms with Crippen LogP contribution in [0.3, 0.4) is 0 Å². The highest BCUT2D eigenvalue weighted by atomic mass is 32.1. The van der Waals surface area contributed by atoms with E-state index in [1.807, 2.05) is 40.9 Å². The van der Waals surface area contributed by atoms with Crippen LogP contribution in [-0.4, -0.2) is 28.9 Å². The normalized spacial score (nSPS) is 21.9. The van der Waals surface area contributed by atoms with Crippen molar-refractivity contribution in [1.82, 2.24) is 9.88 Å². The van der Waals surface area contributed by atoms with Crippen molar-refractivity contribution in [3.8, 4) is 0 Å². The minimum atomic E-state index is -0.407. The summed E-state index contributed by atoms with van der Waals surface area (Å²) in [6.07, 6.45) is 2.81. The number of fused-ring (bicyclic) bond motifs is 2. The van der Waals surface area contributed by atoms with Gasteiger partial charge in [-0.15, -0.1) is 11.3 Å². The number of nitrogens with zero attached hydrogens (tertiary/aromatic N) is 3. The van der Waals surface area contributed by atoms with Gasteiger partial charge in [-0.3, -0.25) is 14.7 Å². The number of rotatable bonds is 4. The first kappa shape index (κ1) is 16.7. The molecule has 1 unspecified atom stereocenters. The number of para-hydroxylation sites is 1. The summed E-state index contributed by atoms with van der Waals surface area (Å²) in [7, 11) is 0. The summed E-state index contributed by atoms with van der Waals surface area (Å²) < 4.78 is 0. The maximum atomic E-state index is 13.6. The number of carbonyl (C=O) groups excluding carboxylic acids is 1. The van der Waals surface area contributed by atoms with E-state index in [1.54, 1.807) is 11.3 Å². The molecular formula is C22H21N3OS. The molecule has 0 saturated carbocycles. The molecule has 4 nitrogen and oxygen atoms in total. The van der Waals surface area contributed by atoms with E-state index in [1.165, 1.54) is 10.4 Å². The molecule has 0 aliphatic carbocycles. The van der Waals surface area contributed by atoms with Crippen LogP contribution in [0.4, 0.5) is 5.69 Å². The zero-order valence-corrected chi connectivity index (χ0v) is 15.9. The first-order chi connectivity index (χ1) is 13.3. The van der Waals surface area contributed by atoms with E-state index >= 15 is 0 Å². The molecule has 0 bridgehead atoms. The lowest BCUT2D eigenvalue weighted by molar-refractivity contribution is -0.123. The Morgan fingerprint density at radius 3 is 2.67 bits per heavy atom. The van der Waals surface area contributed by atoms with Gasteiger partial charge in [0.2, 0.25) is 5.91 Å². The highest BCUT2D eigenvalue weighted by Gasteiger charge is 2.54. The maximum Gasteiger partial charge on any atom is 0.239 e. The molecule has 1 saturated heterocycles. The van der Waals surface area contributed by atoms with E-state index < -0.39 is 5.41 Å². The third-order valence-electron chi connectivity index (χ3n) is 5.76. The standard InChI is InChI=1S/C22H21N3OS/c26-21-22(10-11-24(15-22)14-18-12-23-16-27-18)19-8-4-5-9-20(19)25(21)13-17-6-2-1-3-7-17/h1-9,12,16H,10-11,13-15H2. The molecule has 3 aromatic rings. The second-order valence-corrected chi connectivity index (χ2v) is 8.38. The van der Waals surface area contributed by atoms with Crippen molar-refractivity contribution in [1.29, 1.82) is 0 Å². The predicted octanol–water partition coefficient (Wildman–Crippen LogP) is 3.83. The molecule has 1 spiro atoms. The van der Waals surface area contributed by atoms with E-state index in [2.05, 4.69) is 40.2 Å². The molecule has 136 valence electrons. The molecule has 0 N–H and O–H groups in total. The van der Waals surface area contributed by atoms with Crippen molar-refractivity contribution in [2.24, 2.45) is 0 Å². The Morgan fingerprint density at radius 2 is 1.85 bits per heavy atom.